The SMILES string of the molecule is CC1(CCc2ccc(OC(F)F)cc2)NC(=O)N(Cc2cccc(F)c2)C1=O. The van der Waals surface area contributed by atoms with Crippen LogP contribution in [0.1, 0.15) is 24.5 Å². The fourth-order valence-corrected chi connectivity index (χ4v) is 3.11. The Morgan fingerprint density at radius 2 is 1.82 bits per heavy atom. The molecule has 1 unspecified atom stereocenters. The Balaban J connectivity index is 1.64. The fraction of sp³-hybridized carbons (Fsp3) is 0.300. The number of urea groups is 1. The van der Waals surface area contributed by atoms with Crippen LogP contribution in [-0.4, -0.2) is 29.0 Å². The molecule has 1 atom stereocenters. The summed E-state index contributed by atoms with van der Waals surface area (Å²) in [5, 5.41) is 2.69. The van der Waals surface area contributed by atoms with Crippen LogP contribution in [0.25, 0.3) is 0 Å². The van der Waals surface area contributed by atoms with Gasteiger partial charge in [-0.2, -0.15) is 8.78 Å². The third-order valence-corrected chi connectivity index (χ3v) is 4.64. The maximum absolute atomic E-state index is 13.3. The molecule has 1 aliphatic heterocycles. The molecule has 3 amide bonds. The number of hydrogen-bond donors (Lipinski definition) is 1. The number of carbonyl (C=O) groups excluding carboxylic acids is 2. The molecule has 148 valence electrons. The Labute approximate surface area is 160 Å². The first-order valence-corrected chi connectivity index (χ1v) is 8.69. The molecule has 2 aromatic carbocycles. The Morgan fingerprint density at radius 3 is 2.46 bits per heavy atom. The van der Waals surface area contributed by atoms with E-state index < -0.39 is 24.0 Å². The van der Waals surface area contributed by atoms with E-state index in [2.05, 4.69) is 10.1 Å². The largest absolute Gasteiger partial charge is 0.435 e. The van der Waals surface area contributed by atoms with Gasteiger partial charge in [0.2, 0.25) is 0 Å². The number of alkyl halides is 2. The second-order valence-electron chi connectivity index (χ2n) is 6.81. The molecule has 0 aliphatic carbocycles. The molecule has 5 nitrogen and oxygen atoms in total. The molecule has 1 heterocycles. The highest BCUT2D eigenvalue weighted by Crippen LogP contribution is 2.25. The Bertz CT molecular complexity index is 873. The zero-order valence-corrected chi connectivity index (χ0v) is 15.1. The van der Waals surface area contributed by atoms with Crippen molar-refractivity contribution in [2.24, 2.45) is 0 Å². The number of amides is 3. The van der Waals surface area contributed by atoms with Crippen molar-refractivity contribution in [1.82, 2.24) is 10.2 Å². The Hall–Kier alpha value is -3.03. The number of nitrogens with one attached hydrogen (secondary N) is 1. The predicted octanol–water partition coefficient (Wildman–Crippen LogP) is 3.87. The normalized spacial score (nSPS) is 19.2. The molecular weight excluding hydrogens is 373 g/mol. The first kappa shape index (κ1) is 19.7. The molecule has 8 heteroatoms. The molecule has 28 heavy (non-hydrogen) atoms. The van der Waals surface area contributed by atoms with Gasteiger partial charge in [-0.3, -0.25) is 9.69 Å². The summed E-state index contributed by atoms with van der Waals surface area (Å²) in [5.74, 6) is -0.775. The number of halogens is 3. The molecule has 1 saturated heterocycles. The van der Waals surface area contributed by atoms with Crippen molar-refractivity contribution in [2.45, 2.75) is 38.5 Å². The number of benzene rings is 2. The number of imide groups is 1. The molecule has 0 radical (unpaired) electrons. The summed E-state index contributed by atoms with van der Waals surface area (Å²) in [6.07, 6.45) is 0.775. The van der Waals surface area contributed by atoms with E-state index in [1.54, 1.807) is 25.1 Å². The lowest BCUT2D eigenvalue weighted by atomic mass is 9.93. The lowest BCUT2D eigenvalue weighted by Gasteiger charge is -2.21. The molecule has 0 bridgehead atoms. The van der Waals surface area contributed by atoms with Gasteiger partial charge < -0.3 is 10.1 Å². The van der Waals surface area contributed by atoms with Crippen molar-refractivity contribution >= 4 is 11.9 Å². The van der Waals surface area contributed by atoms with E-state index in [-0.39, 0.29) is 18.2 Å². The van der Waals surface area contributed by atoms with E-state index in [4.69, 9.17) is 0 Å². The van der Waals surface area contributed by atoms with Gasteiger partial charge in [0.25, 0.3) is 5.91 Å². The van der Waals surface area contributed by atoms with Gasteiger partial charge in [-0.15, -0.1) is 0 Å². The maximum Gasteiger partial charge on any atom is 0.387 e. The zero-order chi connectivity index (χ0) is 20.3. The topological polar surface area (TPSA) is 58.6 Å². The first-order chi connectivity index (χ1) is 13.3. The summed E-state index contributed by atoms with van der Waals surface area (Å²) in [7, 11) is 0. The second-order valence-corrected chi connectivity index (χ2v) is 6.81. The van der Waals surface area contributed by atoms with Crippen LogP contribution in [0.15, 0.2) is 48.5 Å². The van der Waals surface area contributed by atoms with Gasteiger partial charge in [0.15, 0.2) is 0 Å². The number of carbonyl (C=O) groups is 2. The summed E-state index contributed by atoms with van der Waals surface area (Å²) in [6.45, 7) is -1.27. The third kappa shape index (κ3) is 4.44. The van der Waals surface area contributed by atoms with Gasteiger partial charge in [0, 0.05) is 0 Å². The number of rotatable bonds is 7. The van der Waals surface area contributed by atoms with Crippen molar-refractivity contribution in [3.63, 3.8) is 0 Å². The van der Waals surface area contributed by atoms with Crippen LogP contribution >= 0.6 is 0 Å². The number of hydrogen-bond acceptors (Lipinski definition) is 3. The minimum atomic E-state index is -2.89. The first-order valence-electron chi connectivity index (χ1n) is 8.69. The monoisotopic (exact) mass is 392 g/mol. The van der Waals surface area contributed by atoms with Crippen LogP contribution in [0, 0.1) is 5.82 Å². The van der Waals surface area contributed by atoms with E-state index in [9.17, 15) is 22.8 Å². The van der Waals surface area contributed by atoms with Crippen LogP contribution in [0.2, 0.25) is 0 Å². The lowest BCUT2D eigenvalue weighted by molar-refractivity contribution is -0.131. The van der Waals surface area contributed by atoms with Crippen LogP contribution in [-0.2, 0) is 17.8 Å². The highest BCUT2D eigenvalue weighted by atomic mass is 19.3. The second kappa shape index (κ2) is 7.92. The van der Waals surface area contributed by atoms with Gasteiger partial charge >= 0.3 is 12.6 Å². The summed E-state index contributed by atoms with van der Waals surface area (Å²) in [4.78, 5) is 26.1. The number of nitrogens with zero attached hydrogens (tertiary/aromatic N) is 1. The van der Waals surface area contributed by atoms with Crippen LogP contribution < -0.4 is 10.1 Å². The molecule has 0 saturated carbocycles. The molecular formula is C20H19F3N2O3. The average Bonchev–Trinajstić information content (AvgIpc) is 2.84. The van der Waals surface area contributed by atoms with Crippen LogP contribution in [0.5, 0.6) is 5.75 Å². The number of aryl methyl sites for hydroxylation is 1. The Morgan fingerprint density at radius 1 is 1.11 bits per heavy atom. The van der Waals surface area contributed by atoms with Crippen molar-refractivity contribution in [2.75, 3.05) is 0 Å². The molecule has 0 aromatic heterocycles. The van der Waals surface area contributed by atoms with Crippen molar-refractivity contribution in [3.05, 3.63) is 65.5 Å². The lowest BCUT2D eigenvalue weighted by Crippen LogP contribution is -2.44. The van der Waals surface area contributed by atoms with Gasteiger partial charge in [-0.1, -0.05) is 24.3 Å². The number of ether oxygens (including phenoxy) is 1. The maximum atomic E-state index is 13.3. The van der Waals surface area contributed by atoms with Gasteiger partial charge in [-0.05, 0) is 55.2 Å². The van der Waals surface area contributed by atoms with Crippen molar-refractivity contribution in [1.29, 1.82) is 0 Å². The quantitative estimate of drug-likeness (QED) is 0.728. The molecule has 1 fully saturated rings. The predicted molar refractivity (Wildman–Crippen MR) is 95.3 cm³/mol. The third-order valence-electron chi connectivity index (χ3n) is 4.64. The van der Waals surface area contributed by atoms with Crippen LogP contribution in [0.4, 0.5) is 18.0 Å². The van der Waals surface area contributed by atoms with Gasteiger partial charge in [-0.25, -0.2) is 9.18 Å². The van der Waals surface area contributed by atoms with Crippen LogP contribution in [0.3, 0.4) is 0 Å². The van der Waals surface area contributed by atoms with E-state index in [0.29, 0.717) is 18.4 Å². The fourth-order valence-electron chi connectivity index (χ4n) is 3.11. The molecule has 3 rings (SSSR count). The van der Waals surface area contributed by atoms with E-state index in [1.807, 2.05) is 0 Å². The average molecular weight is 392 g/mol. The summed E-state index contributed by atoms with van der Waals surface area (Å²) in [5.41, 5.74) is 0.235. The zero-order valence-electron chi connectivity index (χ0n) is 15.1. The minimum Gasteiger partial charge on any atom is -0.435 e. The van der Waals surface area contributed by atoms with E-state index in [1.165, 1.54) is 30.3 Å². The standard InChI is InChI=1S/C20H19F3N2O3/c1-20(10-9-13-5-7-16(8-6-13)28-18(22)23)17(26)25(19(27)24-20)12-14-3-2-4-15(21)11-14/h2-8,11,18H,9-10,12H2,1H3,(H,24,27). The Kier molecular flexibility index (Phi) is 5.58. The van der Waals surface area contributed by atoms with E-state index >= 15 is 0 Å². The summed E-state index contributed by atoms with van der Waals surface area (Å²) < 4.78 is 42.0. The molecule has 2 aromatic rings. The smallest absolute Gasteiger partial charge is 0.387 e. The van der Waals surface area contributed by atoms with Gasteiger partial charge in [0.1, 0.15) is 17.1 Å². The van der Waals surface area contributed by atoms with E-state index in [0.717, 1.165) is 10.5 Å². The van der Waals surface area contributed by atoms with Crippen molar-refractivity contribution in [3.8, 4) is 5.75 Å². The molecule has 1 N–H and O–H groups in total. The summed E-state index contributed by atoms with van der Waals surface area (Å²) in [6, 6.07) is 11.3. The van der Waals surface area contributed by atoms with Crippen molar-refractivity contribution < 1.29 is 27.5 Å². The summed E-state index contributed by atoms with van der Waals surface area (Å²) >= 11 is 0. The van der Waals surface area contributed by atoms with Gasteiger partial charge in [0.05, 0.1) is 6.54 Å². The molecule has 1 aliphatic rings. The highest BCUT2D eigenvalue weighted by Gasteiger charge is 2.47. The highest BCUT2D eigenvalue weighted by molar-refractivity contribution is 6.06. The molecule has 0 spiro atoms. The minimum absolute atomic E-state index is 0.0162.